The van der Waals surface area contributed by atoms with Crippen molar-refractivity contribution in [1.29, 1.82) is 0 Å². The second kappa shape index (κ2) is 34.9. The number of carboxylic acids is 1. The number of para-hydroxylation sites is 2. The van der Waals surface area contributed by atoms with Gasteiger partial charge >= 0.3 is 5.97 Å². The van der Waals surface area contributed by atoms with Crippen molar-refractivity contribution in [3.63, 3.8) is 0 Å². The molecule has 1 aliphatic rings. The van der Waals surface area contributed by atoms with Gasteiger partial charge < -0.3 is 101 Å². The maximum Gasteiger partial charge on any atom is 0.303 e. The largest absolute Gasteiger partial charge is 0.508 e. The molecule has 0 spiro atoms. The minimum absolute atomic E-state index is 0.00936. The van der Waals surface area contributed by atoms with Crippen LogP contribution in [0, 0.1) is 5.92 Å². The molecule has 514 valence electrons. The Labute approximate surface area is 551 Å². The van der Waals surface area contributed by atoms with Crippen LogP contribution in [-0.4, -0.2) is 192 Å². The fraction of sp³-hybridized carbons (Fsp3) is 0.422. The smallest absolute Gasteiger partial charge is 0.303 e. The number of guanidine groups is 1. The molecule has 96 heavy (non-hydrogen) atoms. The molecule has 1 fully saturated rings. The molecule has 0 radical (unpaired) electrons. The van der Waals surface area contributed by atoms with Crippen LogP contribution in [-0.2, 0) is 78.4 Å². The number of nitrogens with zero attached hydrogens (tertiary/aromatic N) is 3. The topological polar surface area (TPSA) is 525 Å². The first-order valence-electron chi connectivity index (χ1n) is 31.4. The monoisotopic (exact) mass is 1330 g/mol. The number of nitrogens with one attached hydrogen (secondary N) is 11. The van der Waals surface area contributed by atoms with Crippen molar-refractivity contribution in [3.05, 3.63) is 120 Å². The Morgan fingerprint density at radius 2 is 1.15 bits per heavy atom. The van der Waals surface area contributed by atoms with Crippen molar-refractivity contribution >= 4 is 92.8 Å². The number of hydrogen-bond acceptors (Lipinski definition) is 16. The minimum atomic E-state index is -1.83. The number of H-pyrrole nitrogens is 3. The predicted octanol–water partition coefficient (Wildman–Crippen LogP) is -2.38. The molecule has 1 saturated heterocycles. The number of phenolic OH excluding ortho intramolecular Hbond substituents is 1. The zero-order valence-electron chi connectivity index (χ0n) is 53.1. The van der Waals surface area contributed by atoms with Crippen molar-refractivity contribution in [2.45, 2.75) is 139 Å². The lowest BCUT2D eigenvalue weighted by molar-refractivity contribution is -0.142. The number of carboxylic acid groups (broad SMARTS) is 1. The molecular weight excluding hydrogens is 1240 g/mol. The number of hydrogen-bond donors (Lipinski definition) is 18. The Hall–Kier alpha value is -10.9. The number of aromatic hydroxyl groups is 1. The maximum atomic E-state index is 15.1. The standard InChI is InChI=1S/C64H84N18O14/c1-34(2)23-46(56(89)75-45(13-7-21-70-64(67)68)63(96)82-22-8-14-52(82)62(95)73-31-53(66)85)77-58(91)48(25-36-28-71-43-11-5-3-9-40(36)43)79-57(90)47(24-35-15-17-39(84)18-16-35)78-61(94)51(32-83)81-59(92)49(26-37-29-72-44-12-6-4-10-41(37)44)80-60(93)50(27-38-30-69-33-74-38)76-55(88)42(65)19-20-54(86)87/h3-6,9-12,15-18,28-30,33-34,42,45-52,71-72,83-84H,7-8,13-14,19-27,31-32,65H2,1-2H3,(H2,66,85)(H,69,74)(H,73,95)(H,75,89)(H,76,88)(H,77,91)(H,78,94)(H,79,90)(H,80,93)(H,81,92)(H,86,87)(H4,67,68,70)/t42-,45+,46+,47+,48-,49+,50+,51+,52+/m1/s1. The number of aromatic nitrogens is 4. The summed E-state index contributed by atoms with van der Waals surface area (Å²) in [6.45, 7) is 2.26. The number of nitrogens with two attached hydrogens (primary N) is 4. The second-order valence-corrected chi connectivity index (χ2v) is 23.9. The van der Waals surface area contributed by atoms with Crippen LogP contribution in [0.15, 0.2) is 103 Å². The first kappa shape index (κ1) is 72.5. The summed E-state index contributed by atoms with van der Waals surface area (Å²) in [5, 5.41) is 52.8. The van der Waals surface area contributed by atoms with E-state index < -0.39 is 139 Å². The minimum Gasteiger partial charge on any atom is -0.508 e. The summed E-state index contributed by atoms with van der Waals surface area (Å²) in [5.41, 5.74) is 25.6. The van der Waals surface area contributed by atoms with Gasteiger partial charge in [0.15, 0.2) is 5.96 Å². The normalized spacial score (nSPS) is 15.3. The molecule has 0 saturated carbocycles. The number of aromatic amines is 3. The third-order valence-electron chi connectivity index (χ3n) is 16.1. The number of aliphatic hydroxyl groups is 1. The van der Waals surface area contributed by atoms with E-state index in [1.165, 1.54) is 41.7 Å². The van der Waals surface area contributed by atoms with Crippen molar-refractivity contribution in [2.75, 3.05) is 26.2 Å². The highest BCUT2D eigenvalue weighted by Crippen LogP contribution is 2.24. The number of imidazole rings is 1. The number of likely N-dealkylation sites (tertiary alicyclic amines) is 1. The van der Waals surface area contributed by atoms with E-state index in [1.54, 1.807) is 74.8 Å². The molecule has 32 heteroatoms. The molecule has 0 bridgehead atoms. The van der Waals surface area contributed by atoms with Gasteiger partial charge in [-0.3, -0.25) is 57.7 Å². The van der Waals surface area contributed by atoms with Gasteiger partial charge in [0.05, 0.1) is 25.5 Å². The van der Waals surface area contributed by atoms with Crippen molar-refractivity contribution < 1.29 is 68.1 Å². The van der Waals surface area contributed by atoms with Gasteiger partial charge in [0.25, 0.3) is 0 Å². The quantitative estimate of drug-likeness (QED) is 0.0111. The maximum absolute atomic E-state index is 15.1. The molecular formula is C64H84N18O14. The zero-order valence-corrected chi connectivity index (χ0v) is 53.1. The Balaban J connectivity index is 1.16. The van der Waals surface area contributed by atoms with Crippen LogP contribution in [0.25, 0.3) is 21.8 Å². The van der Waals surface area contributed by atoms with Gasteiger partial charge in [0, 0.05) is 91.3 Å². The van der Waals surface area contributed by atoms with E-state index in [1.807, 2.05) is 0 Å². The number of aliphatic hydroxyl groups excluding tert-OH is 1. The molecule has 10 amide bonds. The fourth-order valence-electron chi connectivity index (χ4n) is 11.1. The lowest BCUT2D eigenvalue weighted by atomic mass is 9.99. The first-order chi connectivity index (χ1) is 45.9. The summed E-state index contributed by atoms with van der Waals surface area (Å²) >= 11 is 0. The Bertz CT molecular complexity index is 3740. The van der Waals surface area contributed by atoms with Crippen molar-refractivity contribution in [3.8, 4) is 5.75 Å². The number of aliphatic imine (C=N–C) groups is 1. The van der Waals surface area contributed by atoms with Crippen LogP contribution in [0.5, 0.6) is 5.75 Å². The Kier molecular flexibility index (Phi) is 26.3. The van der Waals surface area contributed by atoms with Crippen LogP contribution < -0.4 is 65.5 Å². The van der Waals surface area contributed by atoms with Gasteiger partial charge in [-0.1, -0.05) is 62.4 Å². The molecule has 3 aromatic heterocycles. The summed E-state index contributed by atoms with van der Waals surface area (Å²) in [4.78, 5) is 171. The summed E-state index contributed by atoms with van der Waals surface area (Å²) in [5.74, 6) is -10.4. The van der Waals surface area contributed by atoms with Gasteiger partial charge in [-0.05, 0) is 85.4 Å². The molecule has 7 rings (SSSR count). The highest BCUT2D eigenvalue weighted by Gasteiger charge is 2.40. The molecule has 1 aliphatic heterocycles. The van der Waals surface area contributed by atoms with Gasteiger partial charge in [-0.15, -0.1) is 0 Å². The van der Waals surface area contributed by atoms with Crippen LogP contribution in [0.2, 0.25) is 0 Å². The lowest BCUT2D eigenvalue weighted by Gasteiger charge is -2.30. The van der Waals surface area contributed by atoms with E-state index in [9.17, 15) is 58.5 Å². The predicted molar refractivity (Wildman–Crippen MR) is 350 cm³/mol. The molecule has 32 nitrogen and oxygen atoms in total. The van der Waals surface area contributed by atoms with E-state index in [0.717, 1.165) is 0 Å². The summed E-state index contributed by atoms with van der Waals surface area (Å²) < 4.78 is 0. The average Bonchev–Trinajstić information content (AvgIpc) is 1.72. The highest BCUT2D eigenvalue weighted by atomic mass is 16.4. The first-order valence-corrected chi connectivity index (χ1v) is 31.4. The van der Waals surface area contributed by atoms with E-state index in [2.05, 4.69) is 67.5 Å². The highest BCUT2D eigenvalue weighted by molar-refractivity contribution is 6.00. The number of carbonyl (C=O) groups excluding carboxylic acids is 10. The molecule has 0 unspecified atom stereocenters. The van der Waals surface area contributed by atoms with E-state index in [0.29, 0.717) is 50.6 Å². The van der Waals surface area contributed by atoms with Gasteiger partial charge in [-0.2, -0.15) is 0 Å². The lowest BCUT2D eigenvalue weighted by Crippen LogP contribution is -2.61. The SMILES string of the molecule is CC(C)C[C@H](NC(=O)[C@@H](Cc1c[nH]c2ccccc12)NC(=O)[C@H](Cc1ccc(O)cc1)NC(=O)[C@H](CO)NC(=O)[C@H](Cc1c[nH]c2ccccc12)NC(=O)[C@H](Cc1cnc[nH]1)NC(=O)[C@H](N)CCC(=O)O)C(=O)N[C@@H](CCCN=C(N)N)C(=O)N1CCC[C@H]1C(=O)NCC(N)=O. The van der Waals surface area contributed by atoms with Crippen LogP contribution in [0.1, 0.15) is 81.2 Å². The number of rotatable bonds is 36. The molecule has 4 heterocycles. The van der Waals surface area contributed by atoms with E-state index in [4.69, 9.17) is 22.9 Å². The van der Waals surface area contributed by atoms with Crippen LogP contribution in [0.4, 0.5) is 0 Å². The van der Waals surface area contributed by atoms with Crippen LogP contribution in [0.3, 0.4) is 0 Å². The summed E-state index contributed by atoms with van der Waals surface area (Å²) in [6, 6.07) is 6.94. The third-order valence-corrected chi connectivity index (χ3v) is 16.1. The number of primary amides is 1. The fourth-order valence-corrected chi connectivity index (χ4v) is 11.1. The average molecular weight is 1330 g/mol. The van der Waals surface area contributed by atoms with Crippen molar-refractivity contribution in [1.82, 2.24) is 67.4 Å². The molecule has 3 aromatic carbocycles. The number of benzene rings is 3. The van der Waals surface area contributed by atoms with Crippen molar-refractivity contribution in [2.24, 2.45) is 33.8 Å². The molecule has 9 atom stereocenters. The number of amides is 10. The molecule has 22 N–H and O–H groups in total. The Morgan fingerprint density at radius 3 is 1.68 bits per heavy atom. The van der Waals surface area contributed by atoms with Gasteiger partial charge in [-0.25, -0.2) is 4.98 Å². The molecule has 6 aromatic rings. The molecule has 0 aliphatic carbocycles. The second-order valence-electron chi connectivity index (χ2n) is 23.9. The number of phenols is 1. The zero-order chi connectivity index (χ0) is 69.6. The number of carbonyl (C=O) groups is 11. The summed E-state index contributed by atoms with van der Waals surface area (Å²) in [6.07, 6.45) is 5.20. The van der Waals surface area contributed by atoms with E-state index >= 15 is 9.59 Å². The van der Waals surface area contributed by atoms with Crippen LogP contribution >= 0.6 is 0 Å². The van der Waals surface area contributed by atoms with E-state index in [-0.39, 0.29) is 88.5 Å². The number of fused-ring (bicyclic) bond motifs is 2. The van der Waals surface area contributed by atoms with Gasteiger partial charge in [0.1, 0.15) is 54.1 Å². The summed E-state index contributed by atoms with van der Waals surface area (Å²) in [7, 11) is 0. The number of aliphatic carboxylic acids is 1. The Morgan fingerprint density at radius 1 is 0.635 bits per heavy atom. The third kappa shape index (κ3) is 21.1. The van der Waals surface area contributed by atoms with Gasteiger partial charge in [0.2, 0.25) is 59.1 Å².